The number of ketones is 1. The van der Waals surface area contributed by atoms with Crippen molar-refractivity contribution >= 4 is 17.7 Å². The molecule has 0 amide bonds. The number of hydrogen-bond donors (Lipinski definition) is 2. The van der Waals surface area contributed by atoms with Gasteiger partial charge < -0.3 is 10.2 Å². The van der Waals surface area contributed by atoms with Gasteiger partial charge in [0.05, 0.1) is 0 Å². The van der Waals surface area contributed by atoms with Gasteiger partial charge in [0.15, 0.2) is 5.78 Å². The average molecular weight is 238 g/mol. The molecule has 0 aromatic carbocycles. The molecule has 0 atom stereocenters. The van der Waals surface area contributed by atoms with Gasteiger partial charge in [0.2, 0.25) is 0 Å². The summed E-state index contributed by atoms with van der Waals surface area (Å²) in [5.74, 6) is -2.86. The number of carbonyl (C=O) groups excluding carboxylic acids is 1. The summed E-state index contributed by atoms with van der Waals surface area (Å²) in [5, 5.41) is 17.4. The molecule has 0 saturated carbocycles. The van der Waals surface area contributed by atoms with Gasteiger partial charge in [0.25, 0.3) is 0 Å². The zero-order valence-electron chi connectivity index (χ0n) is 9.69. The molecule has 0 rings (SSSR count). The molecule has 2 N–H and O–H groups in total. The van der Waals surface area contributed by atoms with Crippen LogP contribution in [0.25, 0.3) is 0 Å². The van der Waals surface area contributed by atoms with Crippen molar-refractivity contribution in [2.75, 3.05) is 0 Å². The van der Waals surface area contributed by atoms with Crippen LogP contribution in [0.4, 0.5) is 0 Å². The molecule has 17 heavy (non-hydrogen) atoms. The van der Waals surface area contributed by atoms with Crippen molar-refractivity contribution in [3.05, 3.63) is 35.5 Å². The van der Waals surface area contributed by atoms with E-state index >= 15 is 0 Å². The van der Waals surface area contributed by atoms with Crippen LogP contribution in [-0.2, 0) is 14.4 Å². The average Bonchev–Trinajstić information content (AvgIpc) is 2.22. The lowest BCUT2D eigenvalue weighted by atomic mass is 10.1. The largest absolute Gasteiger partial charge is 0.478 e. The van der Waals surface area contributed by atoms with Crippen molar-refractivity contribution in [2.45, 2.75) is 20.3 Å². The number of carboxylic acids is 2. The minimum atomic E-state index is -1.26. The topological polar surface area (TPSA) is 91.7 Å². The Labute approximate surface area is 98.8 Å². The first kappa shape index (κ1) is 14.8. The molecule has 0 aromatic rings. The molecular weight excluding hydrogens is 224 g/mol. The number of aliphatic carboxylic acids is 2. The van der Waals surface area contributed by atoms with Crippen LogP contribution in [0.1, 0.15) is 20.3 Å². The van der Waals surface area contributed by atoms with E-state index in [1.54, 1.807) is 0 Å². The lowest BCUT2D eigenvalue weighted by Crippen LogP contribution is -2.05. The molecule has 5 heteroatoms. The van der Waals surface area contributed by atoms with Crippen LogP contribution >= 0.6 is 0 Å². The SMILES string of the molecule is C=C(C)C(=O)C=C(CC=C(C)C(=O)O)C(=O)O. The highest BCUT2D eigenvalue weighted by molar-refractivity contribution is 6.07. The van der Waals surface area contributed by atoms with Crippen LogP contribution in [0.15, 0.2) is 35.5 Å². The van der Waals surface area contributed by atoms with E-state index in [9.17, 15) is 14.4 Å². The van der Waals surface area contributed by atoms with Crippen molar-refractivity contribution in [1.82, 2.24) is 0 Å². The molecular formula is C12H14O5. The zero-order valence-corrected chi connectivity index (χ0v) is 9.69. The maximum atomic E-state index is 11.3. The van der Waals surface area contributed by atoms with Crippen LogP contribution in [0, 0.1) is 0 Å². The predicted octanol–water partition coefficient (Wildman–Crippen LogP) is 1.56. The first-order valence-electron chi connectivity index (χ1n) is 4.79. The summed E-state index contributed by atoms with van der Waals surface area (Å²) in [4.78, 5) is 32.6. The second-order valence-corrected chi connectivity index (χ2v) is 3.52. The van der Waals surface area contributed by atoms with E-state index in [0.29, 0.717) is 0 Å². The molecule has 0 aromatic heterocycles. The van der Waals surface area contributed by atoms with Crippen molar-refractivity contribution in [1.29, 1.82) is 0 Å². The maximum Gasteiger partial charge on any atom is 0.332 e. The van der Waals surface area contributed by atoms with Gasteiger partial charge in [-0.05, 0) is 31.9 Å². The Morgan fingerprint density at radius 3 is 2.00 bits per heavy atom. The van der Waals surface area contributed by atoms with E-state index in [0.717, 1.165) is 6.08 Å². The zero-order chi connectivity index (χ0) is 13.6. The van der Waals surface area contributed by atoms with Gasteiger partial charge in [-0.1, -0.05) is 12.7 Å². The Bertz CT molecular complexity index is 426. The predicted molar refractivity (Wildman–Crippen MR) is 61.5 cm³/mol. The molecule has 0 unspecified atom stereocenters. The monoisotopic (exact) mass is 238 g/mol. The highest BCUT2D eigenvalue weighted by Gasteiger charge is 2.10. The van der Waals surface area contributed by atoms with Gasteiger partial charge in [0.1, 0.15) is 0 Å². The fourth-order valence-electron chi connectivity index (χ4n) is 0.840. The van der Waals surface area contributed by atoms with Crippen LogP contribution in [0.2, 0.25) is 0 Å². The molecule has 0 aliphatic heterocycles. The van der Waals surface area contributed by atoms with Crippen molar-refractivity contribution in [2.24, 2.45) is 0 Å². The third kappa shape index (κ3) is 5.46. The van der Waals surface area contributed by atoms with Crippen molar-refractivity contribution in [3.63, 3.8) is 0 Å². The number of carbonyl (C=O) groups is 3. The normalized spacial score (nSPS) is 12.1. The van der Waals surface area contributed by atoms with E-state index in [4.69, 9.17) is 10.2 Å². The molecule has 0 saturated heterocycles. The molecule has 0 bridgehead atoms. The van der Waals surface area contributed by atoms with E-state index in [1.165, 1.54) is 19.9 Å². The molecule has 0 spiro atoms. The van der Waals surface area contributed by atoms with Crippen molar-refractivity contribution in [3.8, 4) is 0 Å². The summed E-state index contributed by atoms with van der Waals surface area (Å²) in [6.07, 6.45) is 2.08. The molecule has 92 valence electrons. The number of rotatable bonds is 6. The van der Waals surface area contributed by atoms with Crippen LogP contribution in [0.3, 0.4) is 0 Å². The fraction of sp³-hybridized carbons (Fsp3) is 0.250. The Balaban J connectivity index is 4.97. The van der Waals surface area contributed by atoms with Gasteiger partial charge in [-0.25, -0.2) is 9.59 Å². The van der Waals surface area contributed by atoms with Gasteiger partial charge >= 0.3 is 11.9 Å². The third-order valence-corrected chi connectivity index (χ3v) is 1.97. The number of hydrogen-bond acceptors (Lipinski definition) is 3. The summed E-state index contributed by atoms with van der Waals surface area (Å²) in [6, 6.07) is 0. The second kappa shape index (κ2) is 6.42. The van der Waals surface area contributed by atoms with Crippen molar-refractivity contribution < 1.29 is 24.6 Å². The van der Waals surface area contributed by atoms with Crippen LogP contribution in [-0.4, -0.2) is 27.9 Å². The molecule has 0 aliphatic carbocycles. The second-order valence-electron chi connectivity index (χ2n) is 3.52. The Hall–Kier alpha value is -2.17. The van der Waals surface area contributed by atoms with E-state index < -0.39 is 17.7 Å². The minimum absolute atomic E-state index is 0.0277. The van der Waals surface area contributed by atoms with Gasteiger partial charge in [0, 0.05) is 11.1 Å². The summed E-state index contributed by atoms with van der Waals surface area (Å²) in [7, 11) is 0. The summed E-state index contributed by atoms with van der Waals surface area (Å²) < 4.78 is 0. The van der Waals surface area contributed by atoms with E-state index in [1.807, 2.05) is 0 Å². The number of carboxylic acid groups (broad SMARTS) is 2. The first-order valence-corrected chi connectivity index (χ1v) is 4.79. The van der Waals surface area contributed by atoms with Gasteiger partial charge in [-0.2, -0.15) is 0 Å². The highest BCUT2D eigenvalue weighted by atomic mass is 16.4. The third-order valence-electron chi connectivity index (χ3n) is 1.97. The molecule has 0 aliphatic rings. The van der Waals surface area contributed by atoms with E-state index in [2.05, 4.69) is 6.58 Å². The summed E-state index contributed by atoms with van der Waals surface area (Å²) in [6.45, 7) is 6.21. The molecule has 5 nitrogen and oxygen atoms in total. The Morgan fingerprint density at radius 1 is 1.12 bits per heavy atom. The van der Waals surface area contributed by atoms with E-state index in [-0.39, 0.29) is 23.1 Å². The standard InChI is InChI=1S/C12H14O5/c1-7(2)10(13)6-9(12(16)17)5-4-8(3)11(14)15/h4,6H,1,5H2,2-3H3,(H,14,15)(H,16,17). The van der Waals surface area contributed by atoms with Crippen LogP contribution in [0.5, 0.6) is 0 Å². The fourth-order valence-corrected chi connectivity index (χ4v) is 0.840. The molecule has 0 radical (unpaired) electrons. The quantitative estimate of drug-likeness (QED) is 0.685. The van der Waals surface area contributed by atoms with Crippen LogP contribution < -0.4 is 0 Å². The number of allylic oxidation sites excluding steroid dienone is 3. The van der Waals surface area contributed by atoms with Gasteiger partial charge in [-0.3, -0.25) is 4.79 Å². The lowest BCUT2D eigenvalue weighted by Gasteiger charge is -1.99. The minimum Gasteiger partial charge on any atom is -0.478 e. The van der Waals surface area contributed by atoms with Gasteiger partial charge in [-0.15, -0.1) is 0 Å². The molecule has 0 fully saturated rings. The lowest BCUT2D eigenvalue weighted by molar-refractivity contribution is -0.134. The molecule has 0 heterocycles. The highest BCUT2D eigenvalue weighted by Crippen LogP contribution is 2.08. The first-order chi connectivity index (χ1) is 7.75. The summed E-state index contributed by atoms with van der Waals surface area (Å²) in [5.41, 5.74) is 0.0845. The Kier molecular flexibility index (Phi) is 5.60. The maximum absolute atomic E-state index is 11.3. The smallest absolute Gasteiger partial charge is 0.332 e. The summed E-state index contributed by atoms with van der Waals surface area (Å²) >= 11 is 0. The Morgan fingerprint density at radius 2 is 1.65 bits per heavy atom.